The van der Waals surface area contributed by atoms with Gasteiger partial charge < -0.3 is 15.0 Å². The van der Waals surface area contributed by atoms with Gasteiger partial charge in [-0.15, -0.1) is 0 Å². The van der Waals surface area contributed by atoms with E-state index in [2.05, 4.69) is 15.3 Å². The molecule has 7 nitrogen and oxygen atoms in total. The maximum absolute atomic E-state index is 12.4. The molecule has 0 bridgehead atoms. The first-order valence-electron chi connectivity index (χ1n) is 8.64. The fourth-order valence-corrected chi connectivity index (χ4v) is 3.50. The van der Waals surface area contributed by atoms with E-state index in [4.69, 9.17) is 27.9 Å². The third kappa shape index (κ3) is 4.93. The number of halogens is 2. The monoisotopic (exact) mass is 432 g/mol. The van der Waals surface area contributed by atoms with Crippen LogP contribution in [0, 0.1) is 0 Å². The van der Waals surface area contributed by atoms with Crippen LogP contribution in [0.15, 0.2) is 42.7 Å². The molecule has 3 aromatic rings. The summed E-state index contributed by atoms with van der Waals surface area (Å²) in [5.41, 5.74) is 0.939. The summed E-state index contributed by atoms with van der Waals surface area (Å²) >= 11 is 12.5. The Hall–Kier alpha value is -2.90. The van der Waals surface area contributed by atoms with Gasteiger partial charge in [0.05, 0.1) is 30.8 Å². The number of hydrogen-bond donors (Lipinski definition) is 1. The van der Waals surface area contributed by atoms with Gasteiger partial charge in [0.1, 0.15) is 5.82 Å². The summed E-state index contributed by atoms with van der Waals surface area (Å²) in [5.74, 6) is -0.218. The van der Waals surface area contributed by atoms with Gasteiger partial charge in [-0.3, -0.25) is 4.79 Å². The van der Waals surface area contributed by atoms with E-state index in [1.165, 1.54) is 7.11 Å². The smallest absolute Gasteiger partial charge is 0.337 e. The Bertz CT molecular complexity index is 1060. The first-order chi connectivity index (χ1) is 13.9. The lowest BCUT2D eigenvalue weighted by Crippen LogP contribution is -2.35. The van der Waals surface area contributed by atoms with E-state index in [0.29, 0.717) is 37.9 Å². The number of hydrogen-bond acceptors (Lipinski definition) is 6. The predicted molar refractivity (Wildman–Crippen MR) is 112 cm³/mol. The second kappa shape index (κ2) is 9.07. The van der Waals surface area contributed by atoms with Crippen molar-refractivity contribution in [1.29, 1.82) is 0 Å². The lowest BCUT2D eigenvalue weighted by molar-refractivity contribution is -0.119. The number of aromatic nitrogens is 2. The van der Waals surface area contributed by atoms with Gasteiger partial charge in [-0.05, 0) is 35.7 Å². The van der Waals surface area contributed by atoms with Gasteiger partial charge >= 0.3 is 5.97 Å². The Morgan fingerprint density at radius 1 is 1.14 bits per heavy atom. The SMILES string of the molecule is COC(=O)c1cc(N(C)CC(=O)NCc2ncccn2)c2c(Cl)cc(Cl)cc2c1. The number of amides is 1. The van der Waals surface area contributed by atoms with E-state index in [1.54, 1.807) is 54.7 Å². The topological polar surface area (TPSA) is 84.4 Å². The molecule has 0 saturated carbocycles. The summed E-state index contributed by atoms with van der Waals surface area (Å²) in [6, 6.07) is 8.33. The molecule has 1 heterocycles. The zero-order valence-corrected chi connectivity index (χ0v) is 17.3. The van der Waals surface area contributed by atoms with Gasteiger partial charge in [0.2, 0.25) is 5.91 Å². The van der Waals surface area contributed by atoms with E-state index >= 15 is 0 Å². The molecule has 0 aliphatic carbocycles. The summed E-state index contributed by atoms with van der Waals surface area (Å²) in [4.78, 5) is 34.3. The number of carbonyl (C=O) groups is 2. The first kappa shape index (κ1) is 20.8. The number of esters is 1. The number of carbonyl (C=O) groups excluding carboxylic acids is 2. The second-order valence-corrected chi connectivity index (χ2v) is 7.11. The van der Waals surface area contributed by atoms with Crippen LogP contribution >= 0.6 is 23.2 Å². The van der Waals surface area contributed by atoms with Crippen LogP contribution in [0.3, 0.4) is 0 Å². The van der Waals surface area contributed by atoms with Crippen molar-refractivity contribution in [1.82, 2.24) is 15.3 Å². The molecule has 0 radical (unpaired) electrons. The number of fused-ring (bicyclic) bond motifs is 1. The van der Waals surface area contributed by atoms with Crippen LogP contribution in [0.1, 0.15) is 16.2 Å². The fraction of sp³-hybridized carbons (Fsp3) is 0.200. The second-order valence-electron chi connectivity index (χ2n) is 6.27. The minimum atomic E-state index is -0.497. The highest BCUT2D eigenvalue weighted by Crippen LogP contribution is 2.36. The van der Waals surface area contributed by atoms with Gasteiger partial charge in [-0.2, -0.15) is 0 Å². The van der Waals surface area contributed by atoms with Gasteiger partial charge in [0.25, 0.3) is 0 Å². The number of nitrogens with zero attached hydrogens (tertiary/aromatic N) is 3. The van der Waals surface area contributed by atoms with Gasteiger partial charge in [0.15, 0.2) is 0 Å². The van der Waals surface area contributed by atoms with Gasteiger partial charge in [0, 0.05) is 35.5 Å². The minimum Gasteiger partial charge on any atom is -0.465 e. The molecule has 0 unspecified atom stereocenters. The van der Waals surface area contributed by atoms with E-state index < -0.39 is 5.97 Å². The molecule has 0 atom stereocenters. The number of ether oxygens (including phenoxy) is 1. The van der Waals surface area contributed by atoms with E-state index in [0.717, 1.165) is 0 Å². The van der Waals surface area contributed by atoms with Crippen LogP contribution in [-0.2, 0) is 16.1 Å². The van der Waals surface area contributed by atoms with Crippen molar-refractivity contribution in [3.05, 3.63) is 64.2 Å². The molecule has 29 heavy (non-hydrogen) atoms. The fourth-order valence-electron chi connectivity index (χ4n) is 2.90. The Labute approximate surface area is 177 Å². The van der Waals surface area contributed by atoms with Crippen molar-refractivity contribution < 1.29 is 14.3 Å². The Morgan fingerprint density at radius 2 is 1.86 bits per heavy atom. The minimum absolute atomic E-state index is 0.0332. The highest BCUT2D eigenvalue weighted by molar-refractivity contribution is 6.39. The molecule has 1 aromatic heterocycles. The summed E-state index contributed by atoms with van der Waals surface area (Å²) in [7, 11) is 3.04. The summed E-state index contributed by atoms with van der Waals surface area (Å²) in [5, 5.41) is 4.99. The Morgan fingerprint density at radius 3 is 2.55 bits per heavy atom. The van der Waals surface area contributed by atoms with Crippen molar-refractivity contribution >= 4 is 51.5 Å². The molecule has 1 N–H and O–H groups in total. The molecule has 0 aliphatic heterocycles. The number of methoxy groups -OCH3 is 1. The zero-order chi connectivity index (χ0) is 21.0. The average molecular weight is 433 g/mol. The van der Waals surface area contributed by atoms with E-state index in [-0.39, 0.29) is 19.0 Å². The van der Waals surface area contributed by atoms with Crippen molar-refractivity contribution in [2.75, 3.05) is 25.6 Å². The highest BCUT2D eigenvalue weighted by atomic mass is 35.5. The molecule has 0 spiro atoms. The van der Waals surface area contributed by atoms with Crippen LogP contribution in [0.4, 0.5) is 5.69 Å². The number of likely N-dealkylation sites (N-methyl/N-ethyl adjacent to an activating group) is 1. The zero-order valence-electron chi connectivity index (χ0n) is 15.8. The van der Waals surface area contributed by atoms with Gasteiger partial charge in [-0.25, -0.2) is 14.8 Å². The molecule has 0 fully saturated rings. The summed E-state index contributed by atoms with van der Waals surface area (Å²) in [6.45, 7) is 0.248. The number of anilines is 1. The number of benzene rings is 2. The Balaban J connectivity index is 1.88. The lowest BCUT2D eigenvalue weighted by atomic mass is 10.0. The molecule has 1 amide bonds. The molecule has 150 valence electrons. The van der Waals surface area contributed by atoms with Gasteiger partial charge in [-0.1, -0.05) is 23.2 Å². The van der Waals surface area contributed by atoms with Crippen LogP contribution < -0.4 is 10.2 Å². The van der Waals surface area contributed by atoms with Crippen LogP contribution in [0.5, 0.6) is 0 Å². The van der Waals surface area contributed by atoms with Crippen LogP contribution in [0.2, 0.25) is 10.0 Å². The molecule has 2 aromatic carbocycles. The summed E-state index contributed by atoms with van der Waals surface area (Å²) < 4.78 is 4.83. The predicted octanol–water partition coefficient (Wildman–Crippen LogP) is 3.48. The standard InChI is InChI=1S/C20H18Cl2N4O3/c1-26(11-18(27)25-10-17-23-4-3-5-24-17)16-8-13(20(28)29-2)6-12-7-14(21)9-15(22)19(12)16/h3-9H,10-11H2,1-2H3,(H,25,27). The molecule has 9 heteroatoms. The molecule has 3 rings (SSSR count). The molecule has 0 saturated heterocycles. The van der Waals surface area contributed by atoms with Crippen molar-refractivity contribution in [2.24, 2.45) is 0 Å². The quantitative estimate of drug-likeness (QED) is 0.600. The largest absolute Gasteiger partial charge is 0.465 e. The average Bonchev–Trinajstić information content (AvgIpc) is 2.71. The maximum Gasteiger partial charge on any atom is 0.337 e. The van der Waals surface area contributed by atoms with Crippen LogP contribution in [0.25, 0.3) is 10.8 Å². The normalized spacial score (nSPS) is 10.6. The Kier molecular flexibility index (Phi) is 6.51. The third-order valence-electron chi connectivity index (χ3n) is 4.22. The summed E-state index contributed by atoms with van der Waals surface area (Å²) in [6.07, 6.45) is 3.22. The number of rotatable bonds is 6. The number of nitrogens with one attached hydrogen (secondary N) is 1. The maximum atomic E-state index is 12.4. The van der Waals surface area contributed by atoms with Crippen molar-refractivity contribution in [2.45, 2.75) is 6.54 Å². The van der Waals surface area contributed by atoms with E-state index in [9.17, 15) is 9.59 Å². The molecular weight excluding hydrogens is 415 g/mol. The van der Waals surface area contributed by atoms with E-state index in [1.807, 2.05) is 0 Å². The van der Waals surface area contributed by atoms with Crippen LogP contribution in [-0.4, -0.2) is 42.5 Å². The molecular formula is C20H18Cl2N4O3. The third-order valence-corrected chi connectivity index (χ3v) is 4.74. The van der Waals surface area contributed by atoms with Crippen molar-refractivity contribution in [3.63, 3.8) is 0 Å². The first-order valence-corrected chi connectivity index (χ1v) is 9.39. The van der Waals surface area contributed by atoms with Crippen molar-refractivity contribution in [3.8, 4) is 0 Å². The lowest BCUT2D eigenvalue weighted by Gasteiger charge is -2.22. The highest BCUT2D eigenvalue weighted by Gasteiger charge is 2.18. The molecule has 0 aliphatic rings.